The van der Waals surface area contributed by atoms with Gasteiger partial charge in [0.2, 0.25) is 0 Å². The zero-order valence-corrected chi connectivity index (χ0v) is 56.9. The second kappa shape index (κ2) is 58.9. The fourth-order valence-electron chi connectivity index (χ4n) is 9.52. The first-order valence-electron chi connectivity index (χ1n) is 34.3. The van der Waals surface area contributed by atoms with Crippen LogP contribution in [0, 0.1) is 11.8 Å². The van der Waals surface area contributed by atoms with Crippen LogP contribution < -0.4 is 0 Å². The summed E-state index contributed by atoms with van der Waals surface area (Å²) in [5.41, 5.74) is 0. The lowest BCUT2D eigenvalue weighted by molar-refractivity contribution is -0.161. The van der Waals surface area contributed by atoms with Gasteiger partial charge in [0.1, 0.15) is 19.3 Å². The van der Waals surface area contributed by atoms with Crippen LogP contribution in [0.1, 0.15) is 311 Å². The Bertz CT molecular complexity index is 1780. The molecule has 0 aromatic heterocycles. The molecule has 0 radical (unpaired) electrons. The van der Waals surface area contributed by atoms with Gasteiger partial charge in [0.25, 0.3) is 0 Å². The molecule has 0 aliphatic carbocycles. The molecule has 2 unspecified atom stereocenters. The summed E-state index contributed by atoms with van der Waals surface area (Å²) in [7, 11) is -9.90. The van der Waals surface area contributed by atoms with Gasteiger partial charge in [0.15, 0.2) is 12.2 Å². The molecule has 0 saturated carbocycles. The third-order valence-corrected chi connectivity index (χ3v) is 16.7. The van der Waals surface area contributed by atoms with Crippen molar-refractivity contribution in [1.29, 1.82) is 0 Å². The number of hydrogen-bond acceptors (Lipinski definition) is 15. The van der Waals surface area contributed by atoms with Crippen LogP contribution in [0.4, 0.5) is 0 Å². The van der Waals surface area contributed by atoms with Crippen LogP contribution in [0.15, 0.2) is 24.3 Å². The van der Waals surface area contributed by atoms with Crippen LogP contribution in [0.2, 0.25) is 0 Å². The molecule has 506 valence electrons. The summed E-state index contributed by atoms with van der Waals surface area (Å²) >= 11 is 0. The average molecular weight is 1270 g/mol. The predicted octanol–water partition coefficient (Wildman–Crippen LogP) is 18.4. The van der Waals surface area contributed by atoms with Crippen molar-refractivity contribution < 1.29 is 80.2 Å². The number of carbonyl (C=O) groups is 4. The number of phosphoric acid groups is 2. The molecule has 0 spiro atoms. The highest BCUT2D eigenvalue weighted by Crippen LogP contribution is 2.45. The van der Waals surface area contributed by atoms with Gasteiger partial charge in [-0.3, -0.25) is 37.3 Å². The van der Waals surface area contributed by atoms with Crippen molar-refractivity contribution in [3.8, 4) is 0 Å². The number of phosphoric ester groups is 2. The van der Waals surface area contributed by atoms with Crippen molar-refractivity contribution in [3.63, 3.8) is 0 Å². The first kappa shape index (κ1) is 83.5. The van der Waals surface area contributed by atoms with Gasteiger partial charge in [-0.1, -0.05) is 258 Å². The minimum atomic E-state index is -4.96. The Kier molecular flexibility index (Phi) is 57.2. The molecule has 0 aliphatic heterocycles. The minimum Gasteiger partial charge on any atom is -0.462 e. The second-order valence-corrected chi connectivity index (χ2v) is 27.4. The lowest BCUT2D eigenvalue weighted by Crippen LogP contribution is -2.30. The van der Waals surface area contributed by atoms with Crippen molar-refractivity contribution in [2.75, 3.05) is 39.6 Å². The van der Waals surface area contributed by atoms with Gasteiger partial charge in [-0.05, 0) is 63.2 Å². The summed E-state index contributed by atoms with van der Waals surface area (Å²) in [4.78, 5) is 72.2. The van der Waals surface area contributed by atoms with Crippen molar-refractivity contribution in [1.82, 2.24) is 0 Å². The minimum absolute atomic E-state index is 0.0845. The molecule has 3 N–H and O–H groups in total. The number of hydrogen-bond donors (Lipinski definition) is 3. The van der Waals surface area contributed by atoms with Crippen LogP contribution in [0.25, 0.3) is 0 Å². The van der Waals surface area contributed by atoms with Crippen molar-refractivity contribution in [2.24, 2.45) is 11.8 Å². The van der Waals surface area contributed by atoms with Gasteiger partial charge in [-0.2, -0.15) is 0 Å². The Morgan fingerprint density at radius 2 is 0.628 bits per heavy atom. The summed E-state index contributed by atoms with van der Waals surface area (Å²) < 4.78 is 68.0. The van der Waals surface area contributed by atoms with E-state index in [-0.39, 0.29) is 25.7 Å². The van der Waals surface area contributed by atoms with E-state index < -0.39 is 97.5 Å². The number of esters is 4. The molecule has 5 atom stereocenters. The fourth-order valence-corrected chi connectivity index (χ4v) is 11.1. The third kappa shape index (κ3) is 60.5. The van der Waals surface area contributed by atoms with Gasteiger partial charge in [0.05, 0.1) is 26.4 Å². The lowest BCUT2D eigenvalue weighted by Gasteiger charge is -2.21. The maximum atomic E-state index is 13.0. The quantitative estimate of drug-likeness (QED) is 0.0169. The summed E-state index contributed by atoms with van der Waals surface area (Å²) in [6, 6.07) is 0. The van der Waals surface area contributed by atoms with Crippen LogP contribution >= 0.6 is 15.6 Å². The topological polar surface area (TPSA) is 237 Å². The van der Waals surface area contributed by atoms with E-state index in [4.69, 9.17) is 37.0 Å². The Morgan fingerprint density at radius 3 is 0.953 bits per heavy atom. The number of carbonyl (C=O) groups excluding carboxylic acids is 4. The normalized spacial score (nSPS) is 14.4. The monoisotopic (exact) mass is 1260 g/mol. The fraction of sp³-hybridized carbons (Fsp3) is 0.881. The molecular weight excluding hydrogens is 1140 g/mol. The molecular formula is C67H126O17P2. The highest BCUT2D eigenvalue weighted by molar-refractivity contribution is 7.47. The molecule has 19 heteroatoms. The van der Waals surface area contributed by atoms with E-state index >= 15 is 0 Å². The summed E-state index contributed by atoms with van der Waals surface area (Å²) in [6.45, 7) is 9.36. The first-order chi connectivity index (χ1) is 41.4. The number of ether oxygens (including phenoxy) is 4. The summed E-state index contributed by atoms with van der Waals surface area (Å²) in [5, 5.41) is 10.5. The molecule has 0 aliphatic rings. The van der Waals surface area contributed by atoms with Crippen LogP contribution in [0.3, 0.4) is 0 Å². The van der Waals surface area contributed by atoms with Gasteiger partial charge in [0, 0.05) is 25.7 Å². The number of aliphatic hydroxyl groups is 1. The zero-order chi connectivity index (χ0) is 63.6. The van der Waals surface area contributed by atoms with Gasteiger partial charge >= 0.3 is 39.5 Å². The SMILES string of the molecule is CCCCCC/C=C\C=C/CCCCCCCC(=O)O[C@H](COC(=O)CCCCCCCCCCCCC(C)C)COP(=O)(O)OC[C@@H](O)COP(=O)(O)OC[C@@H](COC(=O)CCCCCCCCC)OC(=O)CCCCCCCCCCC(C)C. The van der Waals surface area contributed by atoms with E-state index in [0.29, 0.717) is 25.7 Å². The molecule has 86 heavy (non-hydrogen) atoms. The largest absolute Gasteiger partial charge is 0.472 e. The Morgan fingerprint density at radius 1 is 0.360 bits per heavy atom. The first-order valence-corrected chi connectivity index (χ1v) is 37.3. The summed E-state index contributed by atoms with van der Waals surface area (Å²) in [6.07, 6.45) is 45.4. The summed E-state index contributed by atoms with van der Waals surface area (Å²) in [5.74, 6) is -0.693. The van der Waals surface area contributed by atoms with E-state index in [9.17, 15) is 43.2 Å². The highest BCUT2D eigenvalue weighted by Gasteiger charge is 2.30. The Hall–Kier alpha value is -2.46. The third-order valence-electron chi connectivity index (χ3n) is 14.8. The van der Waals surface area contributed by atoms with Crippen molar-refractivity contribution >= 4 is 39.5 Å². The second-order valence-electron chi connectivity index (χ2n) is 24.5. The number of aliphatic hydroxyl groups excluding tert-OH is 1. The van der Waals surface area contributed by atoms with Crippen LogP contribution in [-0.4, -0.2) is 96.7 Å². The van der Waals surface area contributed by atoms with Gasteiger partial charge < -0.3 is 33.8 Å². The highest BCUT2D eigenvalue weighted by atomic mass is 31.2. The molecule has 0 aromatic carbocycles. The maximum Gasteiger partial charge on any atom is 0.472 e. The molecule has 0 bridgehead atoms. The van der Waals surface area contributed by atoms with E-state index in [0.717, 1.165) is 127 Å². The molecule has 17 nitrogen and oxygen atoms in total. The molecule has 0 saturated heterocycles. The van der Waals surface area contributed by atoms with E-state index in [1.165, 1.54) is 103 Å². The van der Waals surface area contributed by atoms with Crippen LogP contribution in [0.5, 0.6) is 0 Å². The standard InChI is InChI=1S/C67H126O17P2/c1-7-9-11-13-15-16-17-18-19-20-21-26-33-39-45-51-66(71)83-63(56-78-65(70)50-44-38-32-25-23-22-24-30-35-41-47-59(3)4)58-82-86(75,76)80-54-61(68)53-79-85(73,74)81-57-62(55-77-64(69)49-43-37-29-14-12-10-8-2)84-67(72)52-46-40-34-28-27-31-36-42-48-60(5)6/h16-19,59-63,68H,7-15,20-58H2,1-6H3,(H,73,74)(H,75,76)/b17-16-,19-18-/t61-,62+,63+/m0/s1. The zero-order valence-electron chi connectivity index (χ0n) is 55.1. The van der Waals surface area contributed by atoms with Crippen molar-refractivity contribution in [3.05, 3.63) is 24.3 Å². The maximum absolute atomic E-state index is 13.0. The molecule has 0 fully saturated rings. The van der Waals surface area contributed by atoms with Crippen LogP contribution in [-0.2, 0) is 65.4 Å². The predicted molar refractivity (Wildman–Crippen MR) is 344 cm³/mol. The number of unbranched alkanes of at least 4 members (excludes halogenated alkanes) is 31. The van der Waals surface area contributed by atoms with Crippen molar-refractivity contribution in [2.45, 2.75) is 330 Å². The Balaban J connectivity index is 5.26. The van der Waals surface area contributed by atoms with E-state index in [1.807, 2.05) is 0 Å². The molecule has 0 aromatic rings. The molecule has 0 rings (SSSR count). The van der Waals surface area contributed by atoms with E-state index in [1.54, 1.807) is 0 Å². The van der Waals surface area contributed by atoms with E-state index in [2.05, 4.69) is 65.8 Å². The number of rotatable bonds is 64. The van der Waals surface area contributed by atoms with Gasteiger partial charge in [-0.25, -0.2) is 9.13 Å². The average Bonchev–Trinajstić information content (AvgIpc) is 3.65. The smallest absolute Gasteiger partial charge is 0.462 e. The van der Waals surface area contributed by atoms with Gasteiger partial charge in [-0.15, -0.1) is 0 Å². The number of allylic oxidation sites excluding steroid dienone is 4. The molecule has 0 amide bonds. The lowest BCUT2D eigenvalue weighted by atomic mass is 10.0. The molecule has 0 heterocycles. The Labute approximate surface area is 522 Å².